The number of carbonyl (C=O) groups is 1. The Morgan fingerprint density at radius 3 is 2.75 bits per heavy atom. The number of aromatic nitrogens is 1. The number of alkyl halides is 1. The first-order valence-corrected chi connectivity index (χ1v) is 4.65. The molecular weight excluding hydrogens is 218 g/mol. The van der Waals surface area contributed by atoms with Gasteiger partial charge in [-0.3, -0.25) is 4.79 Å². The first-order chi connectivity index (χ1) is 5.61. The van der Waals surface area contributed by atoms with Gasteiger partial charge in [0.25, 0.3) is 0 Å². The lowest BCUT2D eigenvalue weighted by atomic mass is 10.2. The topological polar surface area (TPSA) is 30.0 Å². The van der Waals surface area contributed by atoms with E-state index in [2.05, 4.69) is 20.9 Å². The summed E-state index contributed by atoms with van der Waals surface area (Å²) in [5.74, 6) is 0.0266. The summed E-state index contributed by atoms with van der Waals surface area (Å²) < 4.78 is 0. The van der Waals surface area contributed by atoms with E-state index in [0.717, 1.165) is 5.69 Å². The Labute approximate surface area is 80.1 Å². The van der Waals surface area contributed by atoms with Gasteiger partial charge in [-0.05, 0) is 26.0 Å². The van der Waals surface area contributed by atoms with Crippen LogP contribution in [0.15, 0.2) is 18.2 Å². The summed E-state index contributed by atoms with van der Waals surface area (Å²) in [5.41, 5.74) is 1.40. The van der Waals surface area contributed by atoms with Crippen LogP contribution in [0.1, 0.15) is 23.1 Å². The molecule has 0 aliphatic rings. The Kier molecular flexibility index (Phi) is 2.98. The molecular formula is C9H10BrNO. The summed E-state index contributed by atoms with van der Waals surface area (Å²) in [6.45, 7) is 3.67. The van der Waals surface area contributed by atoms with Gasteiger partial charge in [-0.25, -0.2) is 4.98 Å². The Balaban J connectivity index is 2.96. The molecule has 0 radical (unpaired) electrons. The molecule has 0 spiro atoms. The van der Waals surface area contributed by atoms with Crippen molar-refractivity contribution in [3.8, 4) is 0 Å². The summed E-state index contributed by atoms with van der Waals surface area (Å²) in [6, 6.07) is 5.44. The number of nitrogens with zero attached hydrogens (tertiary/aromatic N) is 1. The zero-order valence-electron chi connectivity index (χ0n) is 7.04. The number of ketones is 1. The molecule has 0 bridgehead atoms. The van der Waals surface area contributed by atoms with Crippen molar-refractivity contribution in [1.29, 1.82) is 0 Å². The lowest BCUT2D eigenvalue weighted by molar-refractivity contribution is 0.0991. The van der Waals surface area contributed by atoms with Gasteiger partial charge < -0.3 is 0 Å². The van der Waals surface area contributed by atoms with Crippen molar-refractivity contribution in [1.82, 2.24) is 4.98 Å². The van der Waals surface area contributed by atoms with Gasteiger partial charge >= 0.3 is 0 Å². The third-order valence-electron chi connectivity index (χ3n) is 1.50. The number of Topliss-reactive ketones (excluding diaryl/α,β-unsaturated/α-hetero) is 1. The summed E-state index contributed by atoms with van der Waals surface area (Å²) >= 11 is 3.21. The summed E-state index contributed by atoms with van der Waals surface area (Å²) in [5, 5.41) is 0. The van der Waals surface area contributed by atoms with Crippen LogP contribution in [-0.4, -0.2) is 15.6 Å². The van der Waals surface area contributed by atoms with Crippen molar-refractivity contribution in [2.45, 2.75) is 18.7 Å². The Morgan fingerprint density at radius 2 is 2.25 bits per heavy atom. The largest absolute Gasteiger partial charge is 0.291 e. The highest BCUT2D eigenvalue weighted by Crippen LogP contribution is 2.07. The molecule has 0 aromatic carbocycles. The number of carbonyl (C=O) groups excluding carboxylic acids is 1. The second-order valence-electron chi connectivity index (χ2n) is 2.64. The molecule has 0 aliphatic carbocycles. The quantitative estimate of drug-likeness (QED) is 0.574. The highest BCUT2D eigenvalue weighted by Gasteiger charge is 2.12. The monoisotopic (exact) mass is 227 g/mol. The van der Waals surface area contributed by atoms with Gasteiger partial charge in [0.2, 0.25) is 0 Å². The van der Waals surface area contributed by atoms with Crippen molar-refractivity contribution >= 4 is 21.7 Å². The maximum absolute atomic E-state index is 11.4. The second-order valence-corrected chi connectivity index (χ2v) is 4.02. The fraction of sp³-hybridized carbons (Fsp3) is 0.333. The molecule has 0 saturated carbocycles. The number of hydrogen-bond acceptors (Lipinski definition) is 2. The fourth-order valence-electron chi connectivity index (χ4n) is 0.884. The molecule has 1 rings (SSSR count). The zero-order chi connectivity index (χ0) is 9.14. The van der Waals surface area contributed by atoms with Gasteiger partial charge in [0, 0.05) is 5.69 Å². The maximum atomic E-state index is 11.4. The lowest BCUT2D eigenvalue weighted by Crippen LogP contribution is -2.11. The number of pyridine rings is 1. The zero-order valence-corrected chi connectivity index (χ0v) is 8.63. The summed E-state index contributed by atoms with van der Waals surface area (Å²) in [4.78, 5) is 15.3. The molecule has 0 saturated heterocycles. The smallest absolute Gasteiger partial charge is 0.194 e. The van der Waals surface area contributed by atoms with E-state index in [1.807, 2.05) is 19.1 Å². The molecule has 0 N–H and O–H groups in total. The molecule has 64 valence electrons. The van der Waals surface area contributed by atoms with Crippen LogP contribution in [0, 0.1) is 6.92 Å². The standard InChI is InChI=1S/C9H10BrNO/c1-6-4-3-5-8(11-6)9(12)7(2)10/h3-5,7H,1-2H3. The minimum absolute atomic E-state index is 0.0266. The number of aryl methyl sites for hydroxylation is 1. The van der Waals surface area contributed by atoms with E-state index < -0.39 is 0 Å². The van der Waals surface area contributed by atoms with Crippen LogP contribution in [0.5, 0.6) is 0 Å². The maximum Gasteiger partial charge on any atom is 0.194 e. The number of hydrogen-bond donors (Lipinski definition) is 0. The van der Waals surface area contributed by atoms with Crippen LogP contribution in [0.2, 0.25) is 0 Å². The van der Waals surface area contributed by atoms with Crippen molar-refractivity contribution in [2.75, 3.05) is 0 Å². The molecule has 0 fully saturated rings. The minimum Gasteiger partial charge on any atom is -0.291 e. The van der Waals surface area contributed by atoms with E-state index in [4.69, 9.17) is 0 Å². The van der Waals surface area contributed by atoms with Gasteiger partial charge in [-0.2, -0.15) is 0 Å². The molecule has 1 aromatic rings. The van der Waals surface area contributed by atoms with Crippen LogP contribution in [0.4, 0.5) is 0 Å². The van der Waals surface area contributed by atoms with Gasteiger partial charge in [0.05, 0.1) is 4.83 Å². The van der Waals surface area contributed by atoms with Crippen LogP contribution in [-0.2, 0) is 0 Å². The summed E-state index contributed by atoms with van der Waals surface area (Å²) in [7, 11) is 0. The first-order valence-electron chi connectivity index (χ1n) is 3.73. The second kappa shape index (κ2) is 3.81. The normalized spacial score (nSPS) is 12.6. The average Bonchev–Trinajstić information content (AvgIpc) is 2.03. The Bertz CT molecular complexity index is 296. The molecule has 0 amide bonds. The predicted molar refractivity (Wildman–Crippen MR) is 51.7 cm³/mol. The van der Waals surface area contributed by atoms with E-state index in [9.17, 15) is 4.79 Å². The molecule has 1 unspecified atom stereocenters. The third-order valence-corrected chi connectivity index (χ3v) is 1.92. The van der Waals surface area contributed by atoms with E-state index in [1.54, 1.807) is 13.0 Å². The number of rotatable bonds is 2. The van der Waals surface area contributed by atoms with Crippen molar-refractivity contribution < 1.29 is 4.79 Å². The van der Waals surface area contributed by atoms with Crippen LogP contribution >= 0.6 is 15.9 Å². The van der Waals surface area contributed by atoms with Crippen LogP contribution in [0.3, 0.4) is 0 Å². The summed E-state index contributed by atoms with van der Waals surface area (Å²) in [6.07, 6.45) is 0. The van der Waals surface area contributed by atoms with Gasteiger partial charge in [-0.1, -0.05) is 22.0 Å². The minimum atomic E-state index is -0.160. The first kappa shape index (κ1) is 9.39. The molecule has 0 aliphatic heterocycles. The molecule has 2 nitrogen and oxygen atoms in total. The fourth-order valence-corrected chi connectivity index (χ4v) is 1.12. The van der Waals surface area contributed by atoms with Crippen molar-refractivity contribution in [3.05, 3.63) is 29.6 Å². The molecule has 1 heterocycles. The molecule has 1 atom stereocenters. The van der Waals surface area contributed by atoms with Gasteiger partial charge in [0.1, 0.15) is 5.69 Å². The van der Waals surface area contributed by atoms with E-state index in [0.29, 0.717) is 5.69 Å². The highest BCUT2D eigenvalue weighted by atomic mass is 79.9. The van der Waals surface area contributed by atoms with Crippen LogP contribution < -0.4 is 0 Å². The predicted octanol–water partition coefficient (Wildman–Crippen LogP) is 2.36. The van der Waals surface area contributed by atoms with Crippen molar-refractivity contribution in [3.63, 3.8) is 0 Å². The molecule has 12 heavy (non-hydrogen) atoms. The van der Waals surface area contributed by atoms with Crippen LogP contribution in [0.25, 0.3) is 0 Å². The molecule has 1 aromatic heterocycles. The molecule has 3 heteroatoms. The van der Waals surface area contributed by atoms with Crippen molar-refractivity contribution in [2.24, 2.45) is 0 Å². The van der Waals surface area contributed by atoms with Gasteiger partial charge in [0.15, 0.2) is 5.78 Å². The SMILES string of the molecule is Cc1cccc(C(=O)C(C)Br)n1. The van der Waals surface area contributed by atoms with Gasteiger partial charge in [-0.15, -0.1) is 0 Å². The number of halogens is 1. The third kappa shape index (κ3) is 2.14. The van der Waals surface area contributed by atoms with E-state index >= 15 is 0 Å². The Morgan fingerprint density at radius 1 is 1.58 bits per heavy atom. The lowest BCUT2D eigenvalue weighted by Gasteiger charge is -2.01. The Hall–Kier alpha value is -0.700. The average molecular weight is 228 g/mol. The van der Waals surface area contributed by atoms with E-state index in [-0.39, 0.29) is 10.6 Å². The van der Waals surface area contributed by atoms with E-state index in [1.165, 1.54) is 0 Å². The highest BCUT2D eigenvalue weighted by molar-refractivity contribution is 9.10.